The third-order valence-electron chi connectivity index (χ3n) is 4.42. The summed E-state index contributed by atoms with van der Waals surface area (Å²) in [4.78, 5) is 20.5. The number of fused-ring (bicyclic) bond motifs is 1. The number of carbonyl (C=O) groups excluding carboxylic acids is 1. The van der Waals surface area contributed by atoms with E-state index in [4.69, 9.17) is 0 Å². The van der Waals surface area contributed by atoms with E-state index in [0.717, 1.165) is 23.9 Å². The fraction of sp³-hybridized carbons (Fsp3) is 0.0952. The van der Waals surface area contributed by atoms with Crippen molar-refractivity contribution in [2.45, 2.75) is 12.7 Å². The zero-order valence-corrected chi connectivity index (χ0v) is 15.5. The van der Waals surface area contributed by atoms with Gasteiger partial charge in [0.25, 0.3) is 5.91 Å². The number of anilines is 2. The highest BCUT2D eigenvalue weighted by Crippen LogP contribution is 2.30. The third-order valence-corrected chi connectivity index (χ3v) is 4.42. The van der Waals surface area contributed by atoms with Gasteiger partial charge >= 0.3 is 6.18 Å². The van der Waals surface area contributed by atoms with Crippen molar-refractivity contribution in [2.24, 2.45) is 0 Å². The van der Waals surface area contributed by atoms with Gasteiger partial charge in [0, 0.05) is 24.6 Å². The van der Waals surface area contributed by atoms with Crippen LogP contribution >= 0.6 is 0 Å². The van der Waals surface area contributed by atoms with Crippen LogP contribution < -0.4 is 10.6 Å². The molecule has 0 atom stereocenters. The number of amides is 1. The van der Waals surface area contributed by atoms with Crippen molar-refractivity contribution in [3.63, 3.8) is 0 Å². The standard InChI is InChI=1S/C21H16F3N5O/c22-21(23,24)15-8-9-25-18(11-15)28-16-6-4-14(5-7-16)12-27-20(30)17-13-26-19-3-1-2-10-29(17)19/h1-11,13H,12H2,(H,25,28)(H,27,30). The number of aromatic nitrogens is 3. The average molecular weight is 411 g/mol. The summed E-state index contributed by atoms with van der Waals surface area (Å²) in [6.45, 7) is 0.293. The molecule has 0 saturated carbocycles. The Morgan fingerprint density at radius 2 is 1.83 bits per heavy atom. The molecule has 0 spiro atoms. The van der Waals surface area contributed by atoms with Gasteiger partial charge in [-0.25, -0.2) is 9.97 Å². The second-order valence-electron chi connectivity index (χ2n) is 6.50. The maximum absolute atomic E-state index is 12.8. The Morgan fingerprint density at radius 3 is 2.60 bits per heavy atom. The van der Waals surface area contributed by atoms with E-state index < -0.39 is 11.7 Å². The van der Waals surface area contributed by atoms with Crippen molar-refractivity contribution in [1.29, 1.82) is 0 Å². The highest BCUT2D eigenvalue weighted by atomic mass is 19.4. The molecule has 0 unspecified atom stereocenters. The molecular formula is C21H16F3N5O. The van der Waals surface area contributed by atoms with Gasteiger partial charge in [-0.05, 0) is 42.0 Å². The van der Waals surface area contributed by atoms with Gasteiger partial charge in [0.15, 0.2) is 0 Å². The molecule has 3 heterocycles. The van der Waals surface area contributed by atoms with E-state index in [1.807, 2.05) is 18.2 Å². The molecule has 0 radical (unpaired) electrons. The molecule has 0 aliphatic heterocycles. The van der Waals surface area contributed by atoms with E-state index in [9.17, 15) is 18.0 Å². The molecule has 1 aromatic carbocycles. The lowest BCUT2D eigenvalue weighted by Crippen LogP contribution is -2.24. The van der Waals surface area contributed by atoms with Crippen molar-refractivity contribution < 1.29 is 18.0 Å². The number of imidazole rings is 1. The minimum absolute atomic E-state index is 0.0958. The van der Waals surface area contributed by atoms with Crippen molar-refractivity contribution in [1.82, 2.24) is 19.7 Å². The minimum atomic E-state index is -4.43. The molecule has 1 amide bonds. The monoisotopic (exact) mass is 411 g/mol. The quantitative estimate of drug-likeness (QED) is 0.510. The predicted molar refractivity (Wildman–Crippen MR) is 105 cm³/mol. The Labute approximate surface area is 169 Å². The summed E-state index contributed by atoms with van der Waals surface area (Å²) < 4.78 is 40.1. The van der Waals surface area contributed by atoms with Gasteiger partial charge < -0.3 is 10.6 Å². The van der Waals surface area contributed by atoms with E-state index in [1.165, 1.54) is 6.20 Å². The second kappa shape index (κ2) is 7.86. The average Bonchev–Trinajstić information content (AvgIpc) is 3.17. The van der Waals surface area contributed by atoms with Crippen molar-refractivity contribution in [3.05, 3.63) is 90.0 Å². The molecule has 6 nitrogen and oxygen atoms in total. The number of nitrogens with one attached hydrogen (secondary N) is 2. The Balaban J connectivity index is 1.39. The van der Waals surface area contributed by atoms with Crippen molar-refractivity contribution in [2.75, 3.05) is 5.32 Å². The number of alkyl halides is 3. The summed E-state index contributed by atoms with van der Waals surface area (Å²) in [6.07, 6.45) is -0.0449. The molecule has 0 aliphatic carbocycles. The number of rotatable bonds is 5. The van der Waals surface area contributed by atoms with Crippen LogP contribution in [0.1, 0.15) is 21.6 Å². The summed E-state index contributed by atoms with van der Waals surface area (Å²) in [5.74, 6) is -0.164. The fourth-order valence-corrected chi connectivity index (χ4v) is 2.90. The van der Waals surface area contributed by atoms with E-state index in [1.54, 1.807) is 34.9 Å². The van der Waals surface area contributed by atoms with Crippen LogP contribution in [0.3, 0.4) is 0 Å². The van der Waals surface area contributed by atoms with Gasteiger partial charge in [0.05, 0.1) is 11.8 Å². The molecule has 3 aromatic heterocycles. The number of hydrogen-bond donors (Lipinski definition) is 2. The van der Waals surface area contributed by atoms with Crippen LogP contribution in [0.15, 0.2) is 73.2 Å². The van der Waals surface area contributed by atoms with Gasteiger partial charge in [-0.15, -0.1) is 0 Å². The largest absolute Gasteiger partial charge is 0.416 e. The van der Waals surface area contributed by atoms with Gasteiger partial charge in [0.1, 0.15) is 17.2 Å². The summed E-state index contributed by atoms with van der Waals surface area (Å²) >= 11 is 0. The lowest BCUT2D eigenvalue weighted by molar-refractivity contribution is -0.137. The summed E-state index contributed by atoms with van der Waals surface area (Å²) in [7, 11) is 0. The van der Waals surface area contributed by atoms with Gasteiger partial charge in [-0.3, -0.25) is 9.20 Å². The summed E-state index contributed by atoms with van der Waals surface area (Å²) in [6, 6.07) is 14.3. The van der Waals surface area contributed by atoms with Gasteiger partial charge in [0.2, 0.25) is 0 Å². The highest BCUT2D eigenvalue weighted by molar-refractivity contribution is 5.93. The van der Waals surface area contributed by atoms with E-state index in [2.05, 4.69) is 20.6 Å². The zero-order valence-electron chi connectivity index (χ0n) is 15.5. The summed E-state index contributed by atoms with van der Waals surface area (Å²) in [5.41, 5.74) is 1.76. The van der Waals surface area contributed by atoms with E-state index in [0.29, 0.717) is 23.6 Å². The molecule has 0 aliphatic rings. The lowest BCUT2D eigenvalue weighted by atomic mass is 10.2. The zero-order chi connectivity index (χ0) is 21.1. The van der Waals surface area contributed by atoms with Gasteiger partial charge in [-0.2, -0.15) is 13.2 Å². The number of halogens is 3. The Hall–Kier alpha value is -3.88. The minimum Gasteiger partial charge on any atom is -0.347 e. The molecular weight excluding hydrogens is 395 g/mol. The smallest absolute Gasteiger partial charge is 0.347 e. The van der Waals surface area contributed by atoms with Crippen LogP contribution in [0.4, 0.5) is 24.7 Å². The maximum Gasteiger partial charge on any atom is 0.416 e. The fourth-order valence-electron chi connectivity index (χ4n) is 2.90. The molecule has 4 rings (SSSR count). The number of hydrogen-bond acceptors (Lipinski definition) is 4. The second-order valence-corrected chi connectivity index (χ2v) is 6.50. The normalized spacial score (nSPS) is 11.4. The van der Waals surface area contributed by atoms with Gasteiger partial charge in [-0.1, -0.05) is 18.2 Å². The van der Waals surface area contributed by atoms with Crippen LogP contribution in [0.5, 0.6) is 0 Å². The SMILES string of the molecule is O=C(NCc1ccc(Nc2cc(C(F)(F)F)ccn2)cc1)c1cnc2ccccn12. The molecule has 9 heteroatoms. The van der Waals surface area contributed by atoms with Crippen LogP contribution in [0, 0.1) is 0 Å². The van der Waals surface area contributed by atoms with Crippen molar-refractivity contribution >= 4 is 23.1 Å². The molecule has 0 saturated heterocycles. The molecule has 0 fully saturated rings. The van der Waals surface area contributed by atoms with Crippen LogP contribution in [0.2, 0.25) is 0 Å². The topological polar surface area (TPSA) is 71.3 Å². The third kappa shape index (κ3) is 4.24. The molecule has 152 valence electrons. The first-order chi connectivity index (χ1) is 14.4. The van der Waals surface area contributed by atoms with Crippen LogP contribution in [-0.4, -0.2) is 20.3 Å². The van der Waals surface area contributed by atoms with Crippen LogP contribution in [0.25, 0.3) is 5.65 Å². The molecule has 0 bridgehead atoms. The van der Waals surface area contributed by atoms with E-state index in [-0.39, 0.29) is 11.7 Å². The lowest BCUT2D eigenvalue weighted by Gasteiger charge is -2.10. The van der Waals surface area contributed by atoms with Crippen LogP contribution in [-0.2, 0) is 12.7 Å². The number of carbonyl (C=O) groups is 1. The first-order valence-electron chi connectivity index (χ1n) is 9.00. The first-order valence-corrected chi connectivity index (χ1v) is 9.00. The molecule has 4 aromatic rings. The maximum atomic E-state index is 12.8. The Morgan fingerprint density at radius 1 is 1.03 bits per heavy atom. The van der Waals surface area contributed by atoms with E-state index >= 15 is 0 Å². The Bertz CT molecular complexity index is 1190. The highest BCUT2D eigenvalue weighted by Gasteiger charge is 2.30. The first kappa shape index (κ1) is 19.4. The predicted octanol–water partition coefficient (Wildman–Crippen LogP) is 4.42. The number of nitrogens with zero attached hydrogens (tertiary/aromatic N) is 3. The summed E-state index contributed by atoms with van der Waals surface area (Å²) in [5, 5.41) is 5.67. The molecule has 2 N–H and O–H groups in total. The number of pyridine rings is 2. The number of benzene rings is 1. The molecule has 30 heavy (non-hydrogen) atoms. The van der Waals surface area contributed by atoms with Crippen molar-refractivity contribution in [3.8, 4) is 0 Å². The Kier molecular flexibility index (Phi) is 5.09.